The Bertz CT molecular complexity index is 545. The molecule has 1 heterocycles. The van der Waals surface area contributed by atoms with Crippen molar-refractivity contribution in [3.8, 4) is 0 Å². The number of halogens is 1. The molecule has 0 atom stereocenters. The average Bonchev–Trinajstić information content (AvgIpc) is 2.79. The molecule has 0 saturated carbocycles. The van der Waals surface area contributed by atoms with Gasteiger partial charge in [0.15, 0.2) is 0 Å². The third-order valence-corrected chi connectivity index (χ3v) is 4.76. The van der Waals surface area contributed by atoms with E-state index in [-0.39, 0.29) is 5.82 Å². The van der Waals surface area contributed by atoms with Crippen LogP contribution in [0.25, 0.3) is 0 Å². The molecule has 19 heavy (non-hydrogen) atoms. The molecule has 0 aliphatic carbocycles. The molecule has 0 fully saturated rings. The molecule has 3 nitrogen and oxygen atoms in total. The van der Waals surface area contributed by atoms with E-state index in [1.165, 1.54) is 12.1 Å². The predicted octanol–water partition coefficient (Wildman–Crippen LogP) is 3.18. The summed E-state index contributed by atoms with van der Waals surface area (Å²) < 4.78 is 18.2. The van der Waals surface area contributed by atoms with Gasteiger partial charge in [-0.05, 0) is 18.2 Å². The van der Waals surface area contributed by atoms with Crippen LogP contribution in [0, 0.1) is 5.82 Å². The maximum absolute atomic E-state index is 13.1. The summed E-state index contributed by atoms with van der Waals surface area (Å²) in [7, 11) is 1.64. The van der Waals surface area contributed by atoms with Crippen molar-refractivity contribution in [2.45, 2.75) is 23.8 Å². The van der Waals surface area contributed by atoms with Gasteiger partial charge in [-0.15, -0.1) is 23.1 Å². The van der Waals surface area contributed by atoms with Gasteiger partial charge in [0.1, 0.15) is 10.8 Å². The van der Waals surface area contributed by atoms with E-state index in [9.17, 15) is 4.39 Å². The molecule has 0 radical (unpaired) electrons. The summed E-state index contributed by atoms with van der Waals surface area (Å²) in [5, 5.41) is 0.988. The molecule has 2 aromatic rings. The van der Waals surface area contributed by atoms with Crippen molar-refractivity contribution >= 4 is 23.1 Å². The second kappa shape index (κ2) is 7.00. The minimum Gasteiger partial charge on any atom is -0.378 e. The van der Waals surface area contributed by atoms with Gasteiger partial charge in [-0.1, -0.05) is 6.07 Å². The molecule has 0 aliphatic rings. The molecule has 2 rings (SSSR count). The summed E-state index contributed by atoms with van der Waals surface area (Å²) in [4.78, 5) is 6.46. The number of nitrogens with zero attached hydrogens (tertiary/aromatic N) is 1. The molecular formula is C13H15FN2OS2. The van der Waals surface area contributed by atoms with Crippen molar-refractivity contribution in [2.24, 2.45) is 5.73 Å². The molecule has 0 amide bonds. The fourth-order valence-corrected chi connectivity index (χ4v) is 3.49. The second-order valence-electron chi connectivity index (χ2n) is 3.86. The van der Waals surface area contributed by atoms with Crippen molar-refractivity contribution in [3.05, 3.63) is 45.7 Å². The molecule has 0 saturated heterocycles. The van der Waals surface area contributed by atoms with Gasteiger partial charge in [-0.3, -0.25) is 0 Å². The summed E-state index contributed by atoms with van der Waals surface area (Å²) in [6.07, 6.45) is 0. The maximum atomic E-state index is 13.1. The Balaban J connectivity index is 2.03. The van der Waals surface area contributed by atoms with Gasteiger partial charge in [-0.25, -0.2) is 9.37 Å². The summed E-state index contributed by atoms with van der Waals surface area (Å²) in [5.74, 6) is 0.497. The normalized spacial score (nSPS) is 10.9. The lowest BCUT2D eigenvalue weighted by atomic mass is 10.4. The number of thioether (sulfide) groups is 1. The highest BCUT2D eigenvalue weighted by atomic mass is 32.2. The van der Waals surface area contributed by atoms with Crippen LogP contribution in [0.3, 0.4) is 0 Å². The zero-order valence-corrected chi connectivity index (χ0v) is 12.2. The number of rotatable bonds is 6. The van der Waals surface area contributed by atoms with Crippen LogP contribution in [0.5, 0.6) is 0 Å². The Kier molecular flexibility index (Phi) is 5.33. The quantitative estimate of drug-likeness (QED) is 0.832. The van der Waals surface area contributed by atoms with E-state index in [4.69, 9.17) is 10.5 Å². The fourth-order valence-electron chi connectivity index (χ4n) is 1.61. The van der Waals surface area contributed by atoms with E-state index in [0.29, 0.717) is 18.9 Å². The van der Waals surface area contributed by atoms with Crippen molar-refractivity contribution in [2.75, 3.05) is 7.11 Å². The van der Waals surface area contributed by atoms with Crippen LogP contribution in [-0.4, -0.2) is 12.1 Å². The molecule has 102 valence electrons. The van der Waals surface area contributed by atoms with E-state index < -0.39 is 0 Å². The molecule has 0 bridgehead atoms. The minimum atomic E-state index is -0.216. The summed E-state index contributed by atoms with van der Waals surface area (Å²) in [6, 6.07) is 6.57. The summed E-state index contributed by atoms with van der Waals surface area (Å²) in [6.45, 7) is 0.953. The van der Waals surface area contributed by atoms with E-state index in [1.807, 2.05) is 6.07 Å². The average molecular weight is 298 g/mol. The van der Waals surface area contributed by atoms with Gasteiger partial charge >= 0.3 is 0 Å². The smallest absolute Gasteiger partial charge is 0.124 e. The van der Waals surface area contributed by atoms with E-state index >= 15 is 0 Å². The van der Waals surface area contributed by atoms with Crippen molar-refractivity contribution in [1.29, 1.82) is 0 Å². The highest BCUT2D eigenvalue weighted by molar-refractivity contribution is 7.98. The molecule has 1 aromatic carbocycles. The lowest BCUT2D eigenvalue weighted by Crippen LogP contribution is -1.99. The first-order chi connectivity index (χ1) is 9.22. The maximum Gasteiger partial charge on any atom is 0.124 e. The van der Waals surface area contributed by atoms with Crippen LogP contribution in [-0.2, 0) is 23.6 Å². The third-order valence-electron chi connectivity index (χ3n) is 2.45. The zero-order valence-electron chi connectivity index (χ0n) is 10.6. The summed E-state index contributed by atoms with van der Waals surface area (Å²) >= 11 is 3.16. The van der Waals surface area contributed by atoms with Crippen LogP contribution in [0.2, 0.25) is 0 Å². The highest BCUT2D eigenvalue weighted by Gasteiger charge is 2.10. The number of benzene rings is 1. The standard InChI is InChI=1S/C13H15FN2OS2/c1-17-7-11-12(6-15)19-13(16-11)8-18-10-4-2-3-9(14)5-10/h2-5H,6-8,15H2,1H3. The molecular weight excluding hydrogens is 283 g/mol. The van der Waals surface area contributed by atoms with Crippen LogP contribution in [0.1, 0.15) is 15.6 Å². The Morgan fingerprint density at radius 1 is 1.47 bits per heavy atom. The highest BCUT2D eigenvalue weighted by Crippen LogP contribution is 2.27. The lowest BCUT2D eigenvalue weighted by molar-refractivity contribution is 0.181. The number of nitrogens with two attached hydrogens (primary N) is 1. The number of hydrogen-bond acceptors (Lipinski definition) is 5. The van der Waals surface area contributed by atoms with Crippen LogP contribution in [0.4, 0.5) is 4.39 Å². The van der Waals surface area contributed by atoms with Crippen LogP contribution in [0.15, 0.2) is 29.2 Å². The third kappa shape index (κ3) is 4.01. The van der Waals surface area contributed by atoms with Crippen LogP contribution >= 0.6 is 23.1 Å². The van der Waals surface area contributed by atoms with E-state index in [1.54, 1.807) is 36.3 Å². The lowest BCUT2D eigenvalue weighted by Gasteiger charge is -1.98. The van der Waals surface area contributed by atoms with E-state index in [0.717, 1.165) is 20.5 Å². The number of aromatic nitrogens is 1. The Hall–Kier alpha value is -0.950. The van der Waals surface area contributed by atoms with Gasteiger partial charge in [0.25, 0.3) is 0 Å². The SMILES string of the molecule is COCc1nc(CSc2cccc(F)c2)sc1CN. The largest absolute Gasteiger partial charge is 0.378 e. The van der Waals surface area contributed by atoms with Gasteiger partial charge in [-0.2, -0.15) is 0 Å². The second-order valence-corrected chi connectivity index (χ2v) is 6.08. The van der Waals surface area contributed by atoms with E-state index in [2.05, 4.69) is 4.98 Å². The Labute approximate surface area is 120 Å². The first-order valence-corrected chi connectivity index (χ1v) is 7.58. The molecule has 1 aromatic heterocycles. The first-order valence-electron chi connectivity index (χ1n) is 5.77. The Morgan fingerprint density at radius 2 is 2.32 bits per heavy atom. The van der Waals surface area contributed by atoms with Gasteiger partial charge in [0.2, 0.25) is 0 Å². The fraction of sp³-hybridized carbons (Fsp3) is 0.308. The number of hydrogen-bond donors (Lipinski definition) is 1. The predicted molar refractivity (Wildman–Crippen MR) is 76.7 cm³/mol. The minimum absolute atomic E-state index is 0.216. The Morgan fingerprint density at radius 3 is 3.00 bits per heavy atom. The van der Waals surface area contributed by atoms with Crippen molar-refractivity contribution in [3.63, 3.8) is 0 Å². The molecule has 6 heteroatoms. The van der Waals surface area contributed by atoms with Gasteiger partial charge in [0, 0.05) is 23.4 Å². The monoisotopic (exact) mass is 298 g/mol. The number of methoxy groups -OCH3 is 1. The number of ether oxygens (including phenoxy) is 1. The molecule has 0 aliphatic heterocycles. The zero-order chi connectivity index (χ0) is 13.7. The van der Waals surface area contributed by atoms with Crippen molar-refractivity contribution in [1.82, 2.24) is 4.98 Å². The molecule has 0 unspecified atom stereocenters. The summed E-state index contributed by atoms with van der Waals surface area (Å²) in [5.41, 5.74) is 6.59. The topological polar surface area (TPSA) is 48.1 Å². The first kappa shape index (κ1) is 14.5. The van der Waals surface area contributed by atoms with Gasteiger partial charge < -0.3 is 10.5 Å². The van der Waals surface area contributed by atoms with Crippen LogP contribution < -0.4 is 5.73 Å². The van der Waals surface area contributed by atoms with Crippen molar-refractivity contribution < 1.29 is 9.13 Å². The van der Waals surface area contributed by atoms with Gasteiger partial charge in [0.05, 0.1) is 18.1 Å². The molecule has 2 N–H and O–H groups in total. The molecule has 0 spiro atoms. The number of thiazole rings is 1.